The maximum atomic E-state index is 5.23. The van der Waals surface area contributed by atoms with E-state index in [4.69, 9.17) is 4.52 Å². The van der Waals surface area contributed by atoms with Crippen LogP contribution in [0.3, 0.4) is 0 Å². The molecule has 0 saturated heterocycles. The number of nitrogens with zero attached hydrogens (tertiary/aromatic N) is 2. The van der Waals surface area contributed by atoms with Gasteiger partial charge in [-0.2, -0.15) is 11.8 Å². The average Bonchev–Trinajstić information content (AvgIpc) is 2.90. The monoisotopic (exact) mass is 426 g/mol. The molecule has 1 heterocycles. The van der Waals surface area contributed by atoms with Crippen molar-refractivity contribution in [3.63, 3.8) is 0 Å². The molecule has 0 aliphatic rings. The van der Waals surface area contributed by atoms with Crippen LogP contribution in [0.15, 0.2) is 15.6 Å². The SMILES string of the molecule is CCNC(=NCc1cc(CC)no1)NCC(C)(C)SC.I. The van der Waals surface area contributed by atoms with Crippen molar-refractivity contribution in [3.8, 4) is 0 Å². The fourth-order valence-electron chi connectivity index (χ4n) is 1.46. The molecule has 0 aliphatic carbocycles. The van der Waals surface area contributed by atoms with Gasteiger partial charge in [-0.15, -0.1) is 24.0 Å². The predicted octanol–water partition coefficient (Wildman–Crippen LogP) is 3.05. The number of rotatable bonds is 7. The van der Waals surface area contributed by atoms with Gasteiger partial charge in [-0.3, -0.25) is 0 Å². The molecule has 0 aliphatic heterocycles. The normalized spacial score (nSPS) is 12.0. The lowest BCUT2D eigenvalue weighted by molar-refractivity contribution is 0.379. The number of aryl methyl sites for hydroxylation is 1. The highest BCUT2D eigenvalue weighted by Crippen LogP contribution is 2.19. The summed E-state index contributed by atoms with van der Waals surface area (Å²) in [6.45, 7) is 10.7. The van der Waals surface area contributed by atoms with E-state index in [1.165, 1.54) is 0 Å². The first-order chi connectivity index (χ1) is 9.50. The Morgan fingerprint density at radius 2 is 2.10 bits per heavy atom. The van der Waals surface area contributed by atoms with E-state index in [1.54, 1.807) is 0 Å². The average molecular weight is 426 g/mol. The molecule has 0 saturated carbocycles. The fraction of sp³-hybridized carbons (Fsp3) is 0.714. The number of halogens is 1. The Balaban J connectivity index is 0.00000400. The summed E-state index contributed by atoms with van der Waals surface area (Å²) in [5.41, 5.74) is 0.969. The van der Waals surface area contributed by atoms with E-state index in [0.29, 0.717) is 6.54 Å². The molecule has 1 aromatic heterocycles. The maximum Gasteiger partial charge on any atom is 0.191 e. The second-order valence-electron chi connectivity index (χ2n) is 5.15. The zero-order valence-corrected chi connectivity index (χ0v) is 16.7. The molecular weight excluding hydrogens is 399 g/mol. The molecule has 2 N–H and O–H groups in total. The molecule has 0 fully saturated rings. The molecule has 5 nitrogen and oxygen atoms in total. The van der Waals surface area contributed by atoms with Crippen LogP contribution in [0, 0.1) is 0 Å². The minimum absolute atomic E-state index is 0. The lowest BCUT2D eigenvalue weighted by Crippen LogP contribution is -2.43. The van der Waals surface area contributed by atoms with Crippen molar-refractivity contribution in [2.24, 2.45) is 4.99 Å². The fourth-order valence-corrected chi connectivity index (χ4v) is 1.68. The Hall–Kier alpha value is -0.440. The van der Waals surface area contributed by atoms with Crippen LogP contribution in [0.5, 0.6) is 0 Å². The predicted molar refractivity (Wildman–Crippen MR) is 102 cm³/mol. The molecule has 1 rings (SSSR count). The van der Waals surface area contributed by atoms with Crippen LogP contribution in [0.4, 0.5) is 0 Å². The molecule has 0 unspecified atom stereocenters. The van der Waals surface area contributed by atoms with Crippen LogP contribution in [-0.4, -0.2) is 35.2 Å². The van der Waals surface area contributed by atoms with E-state index in [2.05, 4.69) is 54.7 Å². The van der Waals surface area contributed by atoms with Gasteiger partial charge in [-0.05, 0) is 33.4 Å². The quantitative estimate of drug-likeness (QED) is 0.399. The van der Waals surface area contributed by atoms with Crippen molar-refractivity contribution in [1.82, 2.24) is 15.8 Å². The summed E-state index contributed by atoms with van der Waals surface area (Å²) in [6.07, 6.45) is 3.00. The lowest BCUT2D eigenvalue weighted by atomic mass is 10.2. The van der Waals surface area contributed by atoms with Gasteiger partial charge in [0.05, 0.1) is 5.69 Å². The number of hydrogen-bond donors (Lipinski definition) is 2. The molecule has 0 bridgehead atoms. The first kappa shape index (κ1) is 20.6. The van der Waals surface area contributed by atoms with E-state index in [9.17, 15) is 0 Å². The Morgan fingerprint density at radius 3 is 2.62 bits per heavy atom. The lowest BCUT2D eigenvalue weighted by Gasteiger charge is -2.23. The van der Waals surface area contributed by atoms with Crippen molar-refractivity contribution in [1.29, 1.82) is 0 Å². The molecule has 7 heteroatoms. The maximum absolute atomic E-state index is 5.23. The van der Waals surface area contributed by atoms with Gasteiger partial charge < -0.3 is 15.2 Å². The second-order valence-corrected chi connectivity index (χ2v) is 6.66. The van der Waals surface area contributed by atoms with Gasteiger partial charge in [0.25, 0.3) is 0 Å². The van der Waals surface area contributed by atoms with Gasteiger partial charge in [0.2, 0.25) is 0 Å². The zero-order valence-electron chi connectivity index (χ0n) is 13.5. The summed E-state index contributed by atoms with van der Waals surface area (Å²) in [7, 11) is 0. The Kier molecular flexibility index (Phi) is 10.1. The molecule has 0 amide bonds. The summed E-state index contributed by atoms with van der Waals surface area (Å²) in [5.74, 6) is 1.60. The number of aliphatic imine (C=N–C) groups is 1. The standard InChI is InChI=1S/C14H26N4OS.HI/c1-6-11-8-12(19-18-11)9-16-13(15-7-2)17-10-14(3,4)20-5;/h8H,6-7,9-10H2,1-5H3,(H2,15,16,17);1H. The second kappa shape index (κ2) is 10.3. The Labute approximate surface area is 149 Å². The third kappa shape index (κ3) is 7.94. The van der Waals surface area contributed by atoms with Crippen LogP contribution in [0.1, 0.15) is 39.1 Å². The van der Waals surface area contributed by atoms with Crippen LogP contribution >= 0.6 is 35.7 Å². The van der Waals surface area contributed by atoms with Crippen molar-refractivity contribution in [2.45, 2.75) is 45.4 Å². The van der Waals surface area contributed by atoms with Gasteiger partial charge in [0, 0.05) is 23.9 Å². The molecule has 0 radical (unpaired) electrons. The minimum atomic E-state index is 0. The molecule has 122 valence electrons. The summed E-state index contributed by atoms with van der Waals surface area (Å²) in [5, 5.41) is 10.6. The summed E-state index contributed by atoms with van der Waals surface area (Å²) in [6, 6.07) is 1.96. The molecule has 0 aromatic carbocycles. The van der Waals surface area contributed by atoms with E-state index >= 15 is 0 Å². The van der Waals surface area contributed by atoms with Gasteiger partial charge in [0.15, 0.2) is 11.7 Å². The Bertz CT molecular complexity index is 434. The summed E-state index contributed by atoms with van der Waals surface area (Å²) in [4.78, 5) is 4.52. The summed E-state index contributed by atoms with van der Waals surface area (Å²) < 4.78 is 5.41. The van der Waals surface area contributed by atoms with Crippen LogP contribution in [0.25, 0.3) is 0 Å². The molecular formula is C14H27IN4OS. The van der Waals surface area contributed by atoms with Crippen molar-refractivity contribution in [3.05, 3.63) is 17.5 Å². The first-order valence-electron chi connectivity index (χ1n) is 7.02. The van der Waals surface area contributed by atoms with Crippen molar-refractivity contribution >= 4 is 41.7 Å². The summed E-state index contributed by atoms with van der Waals surface area (Å²) >= 11 is 1.83. The van der Waals surface area contributed by atoms with Crippen molar-refractivity contribution in [2.75, 3.05) is 19.3 Å². The number of nitrogens with one attached hydrogen (secondary N) is 2. The Morgan fingerprint density at radius 1 is 1.38 bits per heavy atom. The molecule has 0 atom stereocenters. The third-order valence-corrected chi connectivity index (χ3v) is 4.19. The van der Waals surface area contributed by atoms with E-state index in [-0.39, 0.29) is 28.7 Å². The minimum Gasteiger partial charge on any atom is -0.359 e. The topological polar surface area (TPSA) is 62.5 Å². The number of thioether (sulfide) groups is 1. The van der Waals surface area contributed by atoms with E-state index in [1.807, 2.05) is 17.8 Å². The highest BCUT2D eigenvalue weighted by Gasteiger charge is 2.16. The number of aromatic nitrogens is 1. The van der Waals surface area contributed by atoms with Gasteiger partial charge in [0.1, 0.15) is 6.54 Å². The third-order valence-electron chi connectivity index (χ3n) is 2.94. The molecule has 1 aromatic rings. The molecule has 21 heavy (non-hydrogen) atoms. The molecule has 0 spiro atoms. The largest absolute Gasteiger partial charge is 0.359 e. The highest BCUT2D eigenvalue weighted by molar-refractivity contribution is 14.0. The van der Waals surface area contributed by atoms with Crippen molar-refractivity contribution < 1.29 is 4.52 Å². The first-order valence-corrected chi connectivity index (χ1v) is 8.25. The highest BCUT2D eigenvalue weighted by atomic mass is 127. The van der Waals surface area contributed by atoms with Gasteiger partial charge in [-0.1, -0.05) is 12.1 Å². The van der Waals surface area contributed by atoms with Gasteiger partial charge in [-0.25, -0.2) is 4.99 Å². The van der Waals surface area contributed by atoms with Crippen LogP contribution < -0.4 is 10.6 Å². The van der Waals surface area contributed by atoms with E-state index in [0.717, 1.165) is 36.9 Å². The van der Waals surface area contributed by atoms with E-state index < -0.39 is 0 Å². The zero-order chi connectivity index (χ0) is 15.0. The van der Waals surface area contributed by atoms with Crippen LogP contribution in [0.2, 0.25) is 0 Å². The number of hydrogen-bond acceptors (Lipinski definition) is 4. The smallest absolute Gasteiger partial charge is 0.191 e. The van der Waals surface area contributed by atoms with Crippen LogP contribution in [-0.2, 0) is 13.0 Å². The van der Waals surface area contributed by atoms with Gasteiger partial charge >= 0.3 is 0 Å². The number of guanidine groups is 1.